The molecule has 0 saturated heterocycles. The Morgan fingerprint density at radius 3 is 2.14 bits per heavy atom. The highest BCUT2D eigenvalue weighted by Crippen LogP contribution is 2.30. The van der Waals surface area contributed by atoms with Crippen molar-refractivity contribution in [3.05, 3.63) is 0 Å². The van der Waals surface area contributed by atoms with E-state index in [1.807, 2.05) is 13.8 Å². The molecule has 2 amide bonds. The lowest BCUT2D eigenvalue weighted by Crippen LogP contribution is -2.60. The molecule has 0 aliphatic heterocycles. The summed E-state index contributed by atoms with van der Waals surface area (Å²) in [5.74, 6) is -1.44. The van der Waals surface area contributed by atoms with Crippen LogP contribution >= 0.6 is 0 Å². The highest BCUT2D eigenvalue weighted by Gasteiger charge is 2.41. The van der Waals surface area contributed by atoms with Crippen LogP contribution in [0.5, 0.6) is 0 Å². The number of carboxylic acid groups (broad SMARTS) is 1. The lowest BCUT2D eigenvalue weighted by molar-refractivity contribution is -0.140. The number of carbonyl (C=O) groups excluding carboxylic acids is 2. The molecule has 1 rings (SSSR count). The van der Waals surface area contributed by atoms with Gasteiger partial charge in [0.25, 0.3) is 0 Å². The molecular formula is C15H27N3O4. The summed E-state index contributed by atoms with van der Waals surface area (Å²) in [5.41, 5.74) is -0.690. The second-order valence-electron chi connectivity index (χ2n) is 5.64. The van der Waals surface area contributed by atoms with Gasteiger partial charge in [0.05, 0.1) is 12.1 Å². The van der Waals surface area contributed by atoms with Crippen molar-refractivity contribution in [2.45, 2.75) is 51.5 Å². The minimum Gasteiger partial charge on any atom is -0.480 e. The Labute approximate surface area is 131 Å². The van der Waals surface area contributed by atoms with Gasteiger partial charge in [0.2, 0.25) is 11.8 Å². The van der Waals surface area contributed by atoms with Gasteiger partial charge in [-0.2, -0.15) is 0 Å². The van der Waals surface area contributed by atoms with Gasteiger partial charge in [0.15, 0.2) is 0 Å². The molecule has 0 unspecified atom stereocenters. The topological polar surface area (TPSA) is 98.7 Å². The van der Waals surface area contributed by atoms with Crippen molar-refractivity contribution in [2.24, 2.45) is 0 Å². The van der Waals surface area contributed by atoms with E-state index in [1.165, 1.54) is 0 Å². The second-order valence-corrected chi connectivity index (χ2v) is 5.64. The average Bonchev–Trinajstić information content (AvgIpc) is 2.52. The van der Waals surface area contributed by atoms with E-state index in [4.69, 9.17) is 5.11 Å². The molecule has 0 bridgehead atoms. The third kappa shape index (κ3) is 4.98. The van der Waals surface area contributed by atoms with Gasteiger partial charge in [-0.15, -0.1) is 0 Å². The molecular weight excluding hydrogens is 286 g/mol. The van der Waals surface area contributed by atoms with Crippen molar-refractivity contribution >= 4 is 17.8 Å². The SMILES string of the molecule is CCN(CC)C(=O)C1(NCC(=O)NCC(=O)O)CCCCC1. The van der Waals surface area contributed by atoms with Gasteiger partial charge in [-0.1, -0.05) is 19.3 Å². The fourth-order valence-corrected chi connectivity index (χ4v) is 2.92. The van der Waals surface area contributed by atoms with Gasteiger partial charge in [0, 0.05) is 13.1 Å². The number of likely N-dealkylation sites (N-methyl/N-ethyl adjacent to an activating group) is 1. The highest BCUT2D eigenvalue weighted by atomic mass is 16.4. The van der Waals surface area contributed by atoms with Crippen LogP contribution in [0.15, 0.2) is 0 Å². The average molecular weight is 313 g/mol. The fourth-order valence-electron chi connectivity index (χ4n) is 2.92. The summed E-state index contributed by atoms with van der Waals surface area (Å²) < 4.78 is 0. The van der Waals surface area contributed by atoms with Gasteiger partial charge >= 0.3 is 5.97 Å². The second kappa shape index (κ2) is 8.73. The summed E-state index contributed by atoms with van der Waals surface area (Å²) in [6.45, 7) is 4.72. The Morgan fingerprint density at radius 2 is 1.64 bits per heavy atom. The summed E-state index contributed by atoms with van der Waals surface area (Å²) in [4.78, 5) is 36.7. The van der Waals surface area contributed by atoms with Crippen LogP contribution in [0.4, 0.5) is 0 Å². The number of aliphatic carboxylic acids is 1. The van der Waals surface area contributed by atoms with E-state index in [-0.39, 0.29) is 12.5 Å². The van der Waals surface area contributed by atoms with Crippen LogP contribution in [-0.4, -0.2) is 59.5 Å². The molecule has 0 radical (unpaired) electrons. The van der Waals surface area contributed by atoms with Crippen molar-refractivity contribution < 1.29 is 19.5 Å². The quantitative estimate of drug-likeness (QED) is 0.600. The number of nitrogens with zero attached hydrogens (tertiary/aromatic N) is 1. The summed E-state index contributed by atoms with van der Waals surface area (Å²) in [7, 11) is 0. The van der Waals surface area contributed by atoms with Crippen molar-refractivity contribution in [3.8, 4) is 0 Å². The molecule has 0 heterocycles. The van der Waals surface area contributed by atoms with E-state index in [0.29, 0.717) is 25.9 Å². The maximum atomic E-state index is 12.8. The summed E-state index contributed by atoms with van der Waals surface area (Å²) in [5, 5.41) is 14.0. The van der Waals surface area contributed by atoms with E-state index in [9.17, 15) is 14.4 Å². The standard InChI is InChI=1S/C15H27N3O4/c1-3-18(4-2)14(22)15(8-6-5-7-9-15)17-10-12(19)16-11-13(20)21/h17H,3-11H2,1-2H3,(H,16,19)(H,20,21). The zero-order valence-corrected chi connectivity index (χ0v) is 13.5. The van der Waals surface area contributed by atoms with Crippen LogP contribution in [0, 0.1) is 0 Å². The summed E-state index contributed by atoms with van der Waals surface area (Å²) in [6, 6.07) is 0. The van der Waals surface area contributed by atoms with Crippen LogP contribution in [0.2, 0.25) is 0 Å². The Bertz CT molecular complexity index is 402. The van der Waals surface area contributed by atoms with Crippen molar-refractivity contribution in [1.82, 2.24) is 15.5 Å². The Balaban J connectivity index is 2.69. The first-order valence-corrected chi connectivity index (χ1v) is 7.98. The zero-order chi connectivity index (χ0) is 16.6. The molecule has 0 spiro atoms. The summed E-state index contributed by atoms with van der Waals surface area (Å²) >= 11 is 0. The Hall–Kier alpha value is -1.63. The van der Waals surface area contributed by atoms with E-state index < -0.39 is 24.0 Å². The number of carboxylic acids is 1. The normalized spacial score (nSPS) is 16.8. The number of hydrogen-bond acceptors (Lipinski definition) is 4. The third-order valence-electron chi connectivity index (χ3n) is 4.19. The lowest BCUT2D eigenvalue weighted by Gasteiger charge is -2.40. The molecule has 0 aromatic rings. The maximum Gasteiger partial charge on any atom is 0.322 e. The van der Waals surface area contributed by atoms with Gasteiger partial charge in [-0.25, -0.2) is 0 Å². The zero-order valence-electron chi connectivity index (χ0n) is 13.5. The first kappa shape index (κ1) is 18.4. The maximum absolute atomic E-state index is 12.8. The summed E-state index contributed by atoms with van der Waals surface area (Å²) in [6.07, 6.45) is 4.44. The molecule has 7 heteroatoms. The van der Waals surface area contributed by atoms with E-state index in [0.717, 1.165) is 19.3 Å². The largest absolute Gasteiger partial charge is 0.480 e. The van der Waals surface area contributed by atoms with Crippen molar-refractivity contribution in [1.29, 1.82) is 0 Å². The van der Waals surface area contributed by atoms with Crippen molar-refractivity contribution in [2.75, 3.05) is 26.2 Å². The number of hydrogen-bond donors (Lipinski definition) is 3. The Morgan fingerprint density at radius 1 is 1.05 bits per heavy atom. The van der Waals surface area contributed by atoms with Crippen LogP contribution < -0.4 is 10.6 Å². The van der Waals surface area contributed by atoms with Crippen LogP contribution in [0.1, 0.15) is 46.0 Å². The van der Waals surface area contributed by atoms with Crippen LogP contribution in [-0.2, 0) is 14.4 Å². The molecule has 126 valence electrons. The first-order chi connectivity index (χ1) is 10.4. The van der Waals surface area contributed by atoms with Gasteiger partial charge < -0.3 is 15.3 Å². The molecule has 22 heavy (non-hydrogen) atoms. The fraction of sp³-hybridized carbons (Fsp3) is 0.800. The highest BCUT2D eigenvalue weighted by molar-refractivity contribution is 5.88. The van der Waals surface area contributed by atoms with E-state index in [1.54, 1.807) is 4.90 Å². The van der Waals surface area contributed by atoms with E-state index in [2.05, 4.69) is 10.6 Å². The number of amides is 2. The molecule has 7 nitrogen and oxygen atoms in total. The first-order valence-electron chi connectivity index (χ1n) is 7.98. The molecule has 0 aromatic carbocycles. The number of rotatable bonds is 8. The number of nitrogens with one attached hydrogen (secondary N) is 2. The van der Waals surface area contributed by atoms with Crippen molar-refractivity contribution in [3.63, 3.8) is 0 Å². The van der Waals surface area contributed by atoms with Gasteiger partial charge in [-0.05, 0) is 26.7 Å². The molecule has 1 aliphatic rings. The molecule has 1 aliphatic carbocycles. The Kier molecular flexibility index (Phi) is 7.31. The smallest absolute Gasteiger partial charge is 0.322 e. The molecule has 3 N–H and O–H groups in total. The number of carbonyl (C=O) groups is 3. The lowest BCUT2D eigenvalue weighted by atomic mass is 9.80. The third-order valence-corrected chi connectivity index (χ3v) is 4.19. The monoisotopic (exact) mass is 313 g/mol. The van der Waals surface area contributed by atoms with Crippen LogP contribution in [0.25, 0.3) is 0 Å². The minimum atomic E-state index is -1.08. The molecule has 1 fully saturated rings. The van der Waals surface area contributed by atoms with Crippen LogP contribution in [0.3, 0.4) is 0 Å². The predicted molar refractivity (Wildman–Crippen MR) is 82.4 cm³/mol. The van der Waals surface area contributed by atoms with E-state index >= 15 is 0 Å². The van der Waals surface area contributed by atoms with Gasteiger partial charge in [0.1, 0.15) is 6.54 Å². The van der Waals surface area contributed by atoms with Gasteiger partial charge in [-0.3, -0.25) is 19.7 Å². The molecule has 0 aromatic heterocycles. The molecule has 1 saturated carbocycles. The minimum absolute atomic E-state index is 0.0414. The molecule has 0 atom stereocenters. The predicted octanol–water partition coefficient (Wildman–Crippen LogP) is 0.348.